The van der Waals surface area contributed by atoms with Crippen molar-refractivity contribution >= 4 is 35.5 Å². The quantitative estimate of drug-likeness (QED) is 0.279. The molecule has 1 aliphatic heterocycles. The summed E-state index contributed by atoms with van der Waals surface area (Å²) in [7, 11) is 0. The van der Waals surface area contributed by atoms with Crippen molar-refractivity contribution in [2.75, 3.05) is 31.7 Å². The molecule has 0 aromatic heterocycles. The molecular formula is C15H26N4O6S. The molecule has 1 aliphatic rings. The zero-order valence-corrected chi connectivity index (χ0v) is 15.5. The summed E-state index contributed by atoms with van der Waals surface area (Å²) in [5, 5.41) is 22.8. The lowest BCUT2D eigenvalue weighted by molar-refractivity contribution is -0.144. The highest BCUT2D eigenvalue weighted by molar-refractivity contribution is 7.98. The zero-order chi connectivity index (χ0) is 19.7. The third kappa shape index (κ3) is 6.46. The number of aliphatic hydroxyl groups is 1. The molecule has 0 saturated carbocycles. The molecule has 10 nitrogen and oxygen atoms in total. The third-order valence-corrected chi connectivity index (χ3v) is 4.69. The molecule has 26 heavy (non-hydrogen) atoms. The highest BCUT2D eigenvalue weighted by Crippen LogP contribution is 2.18. The van der Waals surface area contributed by atoms with Gasteiger partial charge in [0.05, 0.1) is 13.2 Å². The highest BCUT2D eigenvalue weighted by atomic mass is 32.2. The fraction of sp³-hybridized carbons (Fsp3) is 0.733. The minimum Gasteiger partial charge on any atom is -0.480 e. The van der Waals surface area contributed by atoms with Crippen LogP contribution in [0.4, 0.5) is 0 Å². The van der Waals surface area contributed by atoms with Crippen LogP contribution in [0.15, 0.2) is 0 Å². The van der Waals surface area contributed by atoms with Gasteiger partial charge in [-0.1, -0.05) is 0 Å². The highest BCUT2D eigenvalue weighted by Gasteiger charge is 2.35. The van der Waals surface area contributed by atoms with E-state index in [0.29, 0.717) is 25.1 Å². The topological polar surface area (TPSA) is 162 Å². The first-order valence-electron chi connectivity index (χ1n) is 8.27. The summed E-state index contributed by atoms with van der Waals surface area (Å²) in [6.07, 6.45) is 3.17. The van der Waals surface area contributed by atoms with Gasteiger partial charge < -0.3 is 31.5 Å². The Labute approximate surface area is 155 Å². The molecule has 6 N–H and O–H groups in total. The molecule has 0 spiro atoms. The Morgan fingerprint density at radius 1 is 1.35 bits per heavy atom. The average Bonchev–Trinajstić information content (AvgIpc) is 3.11. The van der Waals surface area contributed by atoms with Crippen molar-refractivity contribution in [1.82, 2.24) is 15.5 Å². The minimum absolute atomic E-state index is 0.290. The summed E-state index contributed by atoms with van der Waals surface area (Å²) >= 11 is 1.48. The molecule has 3 unspecified atom stereocenters. The van der Waals surface area contributed by atoms with Crippen LogP contribution in [0.5, 0.6) is 0 Å². The molecular weight excluding hydrogens is 364 g/mol. The van der Waals surface area contributed by atoms with E-state index in [-0.39, 0.29) is 13.0 Å². The van der Waals surface area contributed by atoms with E-state index in [0.717, 1.165) is 0 Å². The largest absolute Gasteiger partial charge is 0.480 e. The fourth-order valence-electron chi connectivity index (χ4n) is 2.58. The van der Waals surface area contributed by atoms with Crippen LogP contribution in [0.25, 0.3) is 0 Å². The van der Waals surface area contributed by atoms with Gasteiger partial charge in [0, 0.05) is 6.54 Å². The smallest absolute Gasteiger partial charge is 0.326 e. The van der Waals surface area contributed by atoms with Gasteiger partial charge in [-0.3, -0.25) is 14.4 Å². The van der Waals surface area contributed by atoms with E-state index in [9.17, 15) is 24.3 Å². The first-order valence-corrected chi connectivity index (χ1v) is 9.67. The Morgan fingerprint density at radius 2 is 2.04 bits per heavy atom. The predicted molar refractivity (Wildman–Crippen MR) is 95.4 cm³/mol. The van der Waals surface area contributed by atoms with Gasteiger partial charge in [-0.25, -0.2) is 4.79 Å². The van der Waals surface area contributed by atoms with E-state index in [1.54, 1.807) is 0 Å². The number of nitrogens with two attached hydrogens (primary N) is 1. The number of carbonyl (C=O) groups is 4. The number of aliphatic carboxylic acids is 1. The summed E-state index contributed by atoms with van der Waals surface area (Å²) in [5.74, 6) is -2.17. The average molecular weight is 390 g/mol. The number of aliphatic hydroxyl groups excluding tert-OH is 1. The maximum absolute atomic E-state index is 12.4. The number of carboxylic acids is 1. The van der Waals surface area contributed by atoms with E-state index in [1.807, 2.05) is 6.26 Å². The molecule has 1 heterocycles. The third-order valence-electron chi connectivity index (χ3n) is 4.05. The lowest BCUT2D eigenvalue weighted by Gasteiger charge is -2.25. The number of hydrogen-bond donors (Lipinski definition) is 5. The Bertz CT molecular complexity index is 532. The van der Waals surface area contributed by atoms with Crippen molar-refractivity contribution in [3.63, 3.8) is 0 Å². The van der Waals surface area contributed by atoms with Crippen LogP contribution in [0.3, 0.4) is 0 Å². The van der Waals surface area contributed by atoms with Crippen molar-refractivity contribution in [2.45, 2.75) is 37.4 Å². The number of amides is 3. The van der Waals surface area contributed by atoms with Crippen molar-refractivity contribution in [3.8, 4) is 0 Å². The number of likely N-dealkylation sites (tertiary alicyclic amines) is 1. The van der Waals surface area contributed by atoms with Crippen LogP contribution in [0, 0.1) is 0 Å². The number of nitrogens with one attached hydrogen (secondary N) is 2. The van der Waals surface area contributed by atoms with Crippen LogP contribution >= 0.6 is 11.8 Å². The molecule has 0 radical (unpaired) electrons. The van der Waals surface area contributed by atoms with E-state index in [2.05, 4.69) is 10.6 Å². The van der Waals surface area contributed by atoms with Crippen LogP contribution in [0.2, 0.25) is 0 Å². The summed E-state index contributed by atoms with van der Waals surface area (Å²) < 4.78 is 0. The van der Waals surface area contributed by atoms with Crippen LogP contribution in [0.1, 0.15) is 19.3 Å². The van der Waals surface area contributed by atoms with Crippen LogP contribution in [-0.2, 0) is 19.2 Å². The Kier molecular flexibility index (Phi) is 9.38. The number of rotatable bonds is 10. The van der Waals surface area contributed by atoms with Crippen molar-refractivity contribution < 1.29 is 29.4 Å². The lowest BCUT2D eigenvalue weighted by Crippen LogP contribution is -2.53. The standard InChI is InChI=1S/C15H26N4O6S/c1-26-6-4-10(15(24)25)18-14(23)11-3-2-5-19(11)12(21)7-17-13(22)9(16)8-20/h9-11,20H,2-8,16H2,1H3,(H,17,22)(H,18,23)(H,24,25). The number of carbonyl (C=O) groups excluding carboxylic acids is 3. The fourth-order valence-corrected chi connectivity index (χ4v) is 3.05. The minimum atomic E-state index is -1.12. The molecule has 1 rings (SSSR count). The maximum atomic E-state index is 12.4. The van der Waals surface area contributed by atoms with Crippen molar-refractivity contribution in [1.29, 1.82) is 0 Å². The zero-order valence-electron chi connectivity index (χ0n) is 14.6. The molecule has 3 amide bonds. The van der Waals surface area contributed by atoms with Gasteiger partial charge in [-0.15, -0.1) is 0 Å². The molecule has 148 valence electrons. The van der Waals surface area contributed by atoms with E-state index in [4.69, 9.17) is 10.8 Å². The van der Waals surface area contributed by atoms with Crippen molar-refractivity contribution in [3.05, 3.63) is 0 Å². The summed E-state index contributed by atoms with van der Waals surface area (Å²) in [6, 6.07) is -2.88. The van der Waals surface area contributed by atoms with E-state index >= 15 is 0 Å². The SMILES string of the molecule is CSCCC(NC(=O)C1CCCN1C(=O)CNC(=O)C(N)CO)C(=O)O. The normalized spacial score (nSPS) is 18.9. The second-order valence-electron chi connectivity index (χ2n) is 5.93. The summed E-state index contributed by atoms with van der Waals surface area (Å²) in [6.45, 7) is -0.534. The van der Waals surface area contributed by atoms with Gasteiger partial charge in [0.15, 0.2) is 0 Å². The number of thioether (sulfide) groups is 1. The second kappa shape index (κ2) is 11.0. The van der Waals surface area contributed by atoms with Gasteiger partial charge in [-0.2, -0.15) is 11.8 Å². The van der Waals surface area contributed by atoms with Crippen LogP contribution in [-0.4, -0.2) is 88.6 Å². The van der Waals surface area contributed by atoms with E-state index < -0.39 is 48.4 Å². The molecule has 1 fully saturated rings. The second-order valence-corrected chi connectivity index (χ2v) is 6.92. The Morgan fingerprint density at radius 3 is 2.62 bits per heavy atom. The van der Waals surface area contributed by atoms with Crippen LogP contribution < -0.4 is 16.4 Å². The number of carboxylic acid groups (broad SMARTS) is 1. The Hall–Kier alpha value is -1.85. The maximum Gasteiger partial charge on any atom is 0.326 e. The lowest BCUT2D eigenvalue weighted by atomic mass is 10.1. The predicted octanol–water partition coefficient (Wildman–Crippen LogP) is -2.26. The molecule has 1 saturated heterocycles. The molecule has 0 aromatic carbocycles. The summed E-state index contributed by atoms with van der Waals surface area (Å²) in [4.78, 5) is 48.8. The molecule has 11 heteroatoms. The van der Waals surface area contributed by atoms with Crippen molar-refractivity contribution in [2.24, 2.45) is 5.73 Å². The molecule has 3 atom stereocenters. The van der Waals surface area contributed by atoms with E-state index in [1.165, 1.54) is 16.7 Å². The number of nitrogens with zero attached hydrogens (tertiary/aromatic N) is 1. The number of hydrogen-bond acceptors (Lipinski definition) is 7. The molecule has 0 bridgehead atoms. The van der Waals surface area contributed by atoms with Gasteiger partial charge in [0.2, 0.25) is 17.7 Å². The first kappa shape index (κ1) is 22.2. The monoisotopic (exact) mass is 390 g/mol. The van der Waals surface area contributed by atoms with Gasteiger partial charge in [0.25, 0.3) is 0 Å². The van der Waals surface area contributed by atoms with Gasteiger partial charge in [0.1, 0.15) is 18.1 Å². The molecule has 0 aliphatic carbocycles. The summed E-state index contributed by atoms with van der Waals surface area (Å²) in [5.41, 5.74) is 5.35. The Balaban J connectivity index is 2.62. The van der Waals surface area contributed by atoms with Gasteiger partial charge >= 0.3 is 5.97 Å². The molecule has 0 aromatic rings. The first-order chi connectivity index (χ1) is 12.3. The van der Waals surface area contributed by atoms with Gasteiger partial charge in [-0.05, 0) is 31.3 Å².